The van der Waals surface area contributed by atoms with E-state index in [0.717, 1.165) is 22.7 Å². The minimum Gasteiger partial charge on any atom is -0.457 e. The van der Waals surface area contributed by atoms with Crippen LogP contribution in [0.5, 0.6) is 11.5 Å². The molecule has 0 aliphatic heterocycles. The standard InChI is InChI=1S/C18H17N3O2S/c1-3-16-20-21-18(24-16)19-17(22)13-7-9-14(10-8-13)23-15-6-4-5-12(2)11-15/h4-11H,3H2,1-2H3,(H,19,21,22). The molecule has 0 saturated carbocycles. The Hall–Kier alpha value is -2.73. The van der Waals surface area contributed by atoms with Crippen molar-refractivity contribution >= 4 is 22.4 Å². The number of carbonyl (C=O) groups excluding carboxylic acids is 1. The second kappa shape index (κ2) is 7.23. The number of ether oxygens (including phenoxy) is 1. The van der Waals surface area contributed by atoms with Gasteiger partial charge in [-0.05, 0) is 55.3 Å². The van der Waals surface area contributed by atoms with Gasteiger partial charge in [0.15, 0.2) is 0 Å². The second-order valence-electron chi connectivity index (χ2n) is 5.25. The van der Waals surface area contributed by atoms with E-state index in [0.29, 0.717) is 16.4 Å². The predicted octanol–water partition coefficient (Wildman–Crippen LogP) is 4.45. The van der Waals surface area contributed by atoms with Crippen molar-refractivity contribution in [3.05, 3.63) is 64.7 Å². The first-order valence-electron chi connectivity index (χ1n) is 7.62. The molecule has 0 unspecified atom stereocenters. The Balaban J connectivity index is 1.66. The van der Waals surface area contributed by atoms with Crippen LogP contribution in [-0.4, -0.2) is 16.1 Å². The van der Waals surface area contributed by atoms with E-state index in [2.05, 4.69) is 15.5 Å². The molecular formula is C18H17N3O2S. The molecule has 24 heavy (non-hydrogen) atoms. The topological polar surface area (TPSA) is 64.1 Å². The van der Waals surface area contributed by atoms with Crippen LogP contribution in [0.2, 0.25) is 0 Å². The van der Waals surface area contributed by atoms with Gasteiger partial charge < -0.3 is 4.74 Å². The van der Waals surface area contributed by atoms with Crippen LogP contribution in [0.3, 0.4) is 0 Å². The maximum absolute atomic E-state index is 12.2. The van der Waals surface area contributed by atoms with Crippen molar-refractivity contribution in [2.45, 2.75) is 20.3 Å². The smallest absolute Gasteiger partial charge is 0.257 e. The van der Waals surface area contributed by atoms with Gasteiger partial charge in [-0.3, -0.25) is 10.1 Å². The number of benzene rings is 2. The van der Waals surface area contributed by atoms with Gasteiger partial charge in [0.2, 0.25) is 5.13 Å². The quantitative estimate of drug-likeness (QED) is 0.746. The summed E-state index contributed by atoms with van der Waals surface area (Å²) in [7, 11) is 0. The fourth-order valence-electron chi connectivity index (χ4n) is 2.11. The van der Waals surface area contributed by atoms with Crippen LogP contribution < -0.4 is 10.1 Å². The summed E-state index contributed by atoms with van der Waals surface area (Å²) in [5, 5.41) is 12.1. The lowest BCUT2D eigenvalue weighted by molar-refractivity contribution is 0.102. The van der Waals surface area contributed by atoms with Gasteiger partial charge >= 0.3 is 0 Å². The zero-order valence-electron chi connectivity index (χ0n) is 13.4. The Morgan fingerprint density at radius 3 is 2.58 bits per heavy atom. The summed E-state index contributed by atoms with van der Waals surface area (Å²) in [6, 6.07) is 14.8. The minimum absolute atomic E-state index is 0.212. The number of aromatic nitrogens is 2. The van der Waals surface area contributed by atoms with Crippen molar-refractivity contribution in [3.63, 3.8) is 0 Å². The lowest BCUT2D eigenvalue weighted by Gasteiger charge is -2.07. The van der Waals surface area contributed by atoms with E-state index in [1.807, 2.05) is 38.1 Å². The van der Waals surface area contributed by atoms with Gasteiger partial charge in [-0.1, -0.05) is 30.4 Å². The van der Waals surface area contributed by atoms with E-state index in [1.54, 1.807) is 24.3 Å². The largest absolute Gasteiger partial charge is 0.457 e. The normalized spacial score (nSPS) is 10.4. The van der Waals surface area contributed by atoms with E-state index in [-0.39, 0.29) is 5.91 Å². The lowest BCUT2D eigenvalue weighted by Crippen LogP contribution is -2.11. The average molecular weight is 339 g/mol. The van der Waals surface area contributed by atoms with Gasteiger partial charge in [0, 0.05) is 5.56 Å². The summed E-state index contributed by atoms with van der Waals surface area (Å²) in [6.45, 7) is 4.01. The molecule has 1 N–H and O–H groups in total. The van der Waals surface area contributed by atoms with Crippen LogP contribution in [0.25, 0.3) is 0 Å². The zero-order valence-corrected chi connectivity index (χ0v) is 14.3. The van der Waals surface area contributed by atoms with Crippen LogP contribution in [0.4, 0.5) is 5.13 Å². The predicted molar refractivity (Wildman–Crippen MR) is 94.9 cm³/mol. The molecule has 6 heteroatoms. The van der Waals surface area contributed by atoms with Crippen LogP contribution in [0.15, 0.2) is 48.5 Å². The second-order valence-corrected chi connectivity index (χ2v) is 6.31. The number of anilines is 1. The maximum Gasteiger partial charge on any atom is 0.257 e. The number of hydrogen-bond acceptors (Lipinski definition) is 5. The summed E-state index contributed by atoms with van der Waals surface area (Å²) < 4.78 is 5.78. The molecule has 0 aliphatic carbocycles. The Morgan fingerprint density at radius 2 is 1.92 bits per heavy atom. The van der Waals surface area contributed by atoms with Crippen LogP contribution in [-0.2, 0) is 6.42 Å². The fourth-order valence-corrected chi connectivity index (χ4v) is 2.78. The molecule has 5 nitrogen and oxygen atoms in total. The lowest BCUT2D eigenvalue weighted by atomic mass is 10.2. The highest BCUT2D eigenvalue weighted by Gasteiger charge is 2.10. The van der Waals surface area contributed by atoms with Gasteiger partial charge in [0.05, 0.1) is 0 Å². The molecule has 1 aromatic heterocycles. The third kappa shape index (κ3) is 3.97. The molecule has 3 aromatic rings. The molecule has 0 bridgehead atoms. The Labute approximate surface area is 144 Å². The zero-order chi connectivity index (χ0) is 16.9. The molecule has 122 valence electrons. The summed E-state index contributed by atoms with van der Waals surface area (Å²) in [4.78, 5) is 12.2. The third-order valence-electron chi connectivity index (χ3n) is 3.33. The number of aryl methyl sites for hydroxylation is 2. The highest BCUT2D eigenvalue weighted by molar-refractivity contribution is 7.15. The summed E-state index contributed by atoms with van der Waals surface area (Å²) in [6.07, 6.45) is 0.804. The molecule has 0 radical (unpaired) electrons. The van der Waals surface area contributed by atoms with E-state index in [9.17, 15) is 4.79 Å². The van der Waals surface area contributed by atoms with E-state index >= 15 is 0 Å². The monoisotopic (exact) mass is 339 g/mol. The van der Waals surface area contributed by atoms with Crippen molar-refractivity contribution in [1.29, 1.82) is 0 Å². The number of carbonyl (C=O) groups is 1. The number of nitrogens with zero attached hydrogens (tertiary/aromatic N) is 2. The van der Waals surface area contributed by atoms with Gasteiger partial charge in [-0.25, -0.2) is 0 Å². The fraction of sp³-hybridized carbons (Fsp3) is 0.167. The Morgan fingerprint density at radius 1 is 1.12 bits per heavy atom. The molecule has 0 saturated heterocycles. The highest BCUT2D eigenvalue weighted by atomic mass is 32.1. The van der Waals surface area contributed by atoms with Crippen molar-refractivity contribution in [1.82, 2.24) is 10.2 Å². The number of amides is 1. The summed E-state index contributed by atoms with van der Waals surface area (Å²) in [5.74, 6) is 1.24. The van der Waals surface area contributed by atoms with Crippen LogP contribution in [0, 0.1) is 6.92 Å². The first-order chi connectivity index (χ1) is 11.6. The molecule has 2 aromatic carbocycles. The number of rotatable bonds is 5. The molecule has 0 atom stereocenters. The molecule has 1 amide bonds. The molecule has 0 fully saturated rings. The average Bonchev–Trinajstić information content (AvgIpc) is 3.03. The van der Waals surface area contributed by atoms with Crippen molar-refractivity contribution in [2.75, 3.05) is 5.32 Å². The minimum atomic E-state index is -0.212. The van der Waals surface area contributed by atoms with Crippen molar-refractivity contribution in [3.8, 4) is 11.5 Å². The summed E-state index contributed by atoms with van der Waals surface area (Å²) >= 11 is 1.38. The highest BCUT2D eigenvalue weighted by Crippen LogP contribution is 2.23. The van der Waals surface area contributed by atoms with Gasteiger partial charge in [0.25, 0.3) is 5.91 Å². The molecule has 0 aliphatic rings. The number of nitrogens with one attached hydrogen (secondary N) is 1. The van der Waals surface area contributed by atoms with Crippen LogP contribution >= 0.6 is 11.3 Å². The molecule has 0 spiro atoms. The van der Waals surface area contributed by atoms with E-state index < -0.39 is 0 Å². The Kier molecular flexibility index (Phi) is 4.86. The van der Waals surface area contributed by atoms with Gasteiger partial charge in [-0.2, -0.15) is 0 Å². The van der Waals surface area contributed by atoms with Crippen molar-refractivity contribution < 1.29 is 9.53 Å². The number of hydrogen-bond donors (Lipinski definition) is 1. The maximum atomic E-state index is 12.2. The SMILES string of the molecule is CCc1nnc(NC(=O)c2ccc(Oc3cccc(C)c3)cc2)s1. The first kappa shape index (κ1) is 16.1. The Bertz CT molecular complexity index is 843. The van der Waals surface area contributed by atoms with E-state index in [4.69, 9.17) is 4.74 Å². The molecular weight excluding hydrogens is 322 g/mol. The van der Waals surface area contributed by atoms with Crippen molar-refractivity contribution in [2.24, 2.45) is 0 Å². The summed E-state index contributed by atoms with van der Waals surface area (Å²) in [5.41, 5.74) is 1.67. The van der Waals surface area contributed by atoms with E-state index in [1.165, 1.54) is 11.3 Å². The third-order valence-corrected chi connectivity index (χ3v) is 4.31. The van der Waals surface area contributed by atoms with Crippen LogP contribution in [0.1, 0.15) is 27.9 Å². The first-order valence-corrected chi connectivity index (χ1v) is 8.44. The molecule has 3 rings (SSSR count). The van der Waals surface area contributed by atoms with Gasteiger partial charge in [0.1, 0.15) is 16.5 Å². The van der Waals surface area contributed by atoms with Gasteiger partial charge in [-0.15, -0.1) is 10.2 Å². The molecule has 1 heterocycles.